The molecule has 1 atom stereocenters. The van der Waals surface area contributed by atoms with Crippen molar-refractivity contribution in [1.29, 1.82) is 0 Å². The maximum atomic E-state index is 13.4. The van der Waals surface area contributed by atoms with Crippen molar-refractivity contribution in [2.45, 2.75) is 64.1 Å². The topological polar surface area (TPSA) is 86.8 Å². The molecule has 10 heteroatoms. The smallest absolute Gasteiger partial charge is 0.242 e. The molecule has 1 N–H and O–H groups in total. The number of nitrogens with zero attached hydrogens (tertiary/aromatic N) is 2. The highest BCUT2D eigenvalue weighted by Gasteiger charge is 2.28. The van der Waals surface area contributed by atoms with Gasteiger partial charge in [-0.15, -0.1) is 0 Å². The summed E-state index contributed by atoms with van der Waals surface area (Å²) >= 11 is 6.03. The van der Waals surface area contributed by atoms with E-state index >= 15 is 0 Å². The molecule has 0 saturated heterocycles. The van der Waals surface area contributed by atoms with Crippen molar-refractivity contribution < 1.29 is 22.4 Å². The molecule has 36 heavy (non-hydrogen) atoms. The summed E-state index contributed by atoms with van der Waals surface area (Å²) in [7, 11) is -3.60. The Morgan fingerprint density at radius 2 is 1.81 bits per heavy atom. The van der Waals surface area contributed by atoms with E-state index in [4.69, 9.17) is 11.6 Å². The van der Waals surface area contributed by atoms with E-state index in [1.165, 1.54) is 21.3 Å². The highest BCUT2D eigenvalue weighted by Crippen LogP contribution is 2.23. The Morgan fingerprint density at radius 3 is 2.42 bits per heavy atom. The van der Waals surface area contributed by atoms with Crippen LogP contribution in [0.3, 0.4) is 0 Å². The average molecular weight is 538 g/mol. The van der Waals surface area contributed by atoms with Gasteiger partial charge in [0, 0.05) is 30.6 Å². The van der Waals surface area contributed by atoms with Gasteiger partial charge >= 0.3 is 0 Å². The second-order valence-corrected chi connectivity index (χ2v) is 11.6. The Balaban J connectivity index is 1.71. The summed E-state index contributed by atoms with van der Waals surface area (Å²) in [5, 5.41) is 3.44. The lowest BCUT2D eigenvalue weighted by Gasteiger charge is -2.30. The molecule has 1 fully saturated rings. The van der Waals surface area contributed by atoms with Gasteiger partial charge in [0.1, 0.15) is 11.9 Å². The minimum Gasteiger partial charge on any atom is -0.352 e. The molecule has 1 aliphatic rings. The fourth-order valence-corrected chi connectivity index (χ4v) is 5.54. The van der Waals surface area contributed by atoms with E-state index in [0.29, 0.717) is 16.3 Å². The van der Waals surface area contributed by atoms with Crippen molar-refractivity contribution in [2.24, 2.45) is 0 Å². The van der Waals surface area contributed by atoms with Gasteiger partial charge in [-0.25, -0.2) is 12.8 Å². The van der Waals surface area contributed by atoms with Crippen molar-refractivity contribution in [3.8, 4) is 0 Å². The standard InChI is InChI=1S/C26H33ClFN3O4S/c1-19(26(33)29-23-8-3-4-9-23)30(18-20-12-14-22(28)15-13-20)25(32)11-6-16-31(36(2,34)35)24-10-5-7-21(27)17-24/h5,7,10,12-15,17,19,23H,3-4,6,8-9,11,16,18H2,1-2H3,(H,29,33)/t19-/m0/s1. The highest BCUT2D eigenvalue weighted by atomic mass is 35.5. The summed E-state index contributed by atoms with van der Waals surface area (Å²) < 4.78 is 39.4. The van der Waals surface area contributed by atoms with Crippen LogP contribution < -0.4 is 9.62 Å². The first-order valence-electron chi connectivity index (χ1n) is 12.1. The summed E-state index contributed by atoms with van der Waals surface area (Å²) in [6, 6.07) is 11.7. The molecule has 7 nitrogen and oxygen atoms in total. The predicted molar refractivity (Wildman–Crippen MR) is 140 cm³/mol. The number of nitrogens with one attached hydrogen (secondary N) is 1. The third kappa shape index (κ3) is 7.93. The van der Waals surface area contributed by atoms with Gasteiger partial charge in [-0.05, 0) is 62.1 Å². The molecule has 2 amide bonds. The van der Waals surface area contributed by atoms with Crippen LogP contribution in [0.4, 0.5) is 10.1 Å². The second kappa shape index (κ2) is 12.5. The molecule has 0 aliphatic heterocycles. The molecule has 1 aliphatic carbocycles. The number of carbonyl (C=O) groups is 2. The molecular weight excluding hydrogens is 505 g/mol. The van der Waals surface area contributed by atoms with Crippen molar-refractivity contribution in [3.63, 3.8) is 0 Å². The van der Waals surface area contributed by atoms with Crippen LogP contribution >= 0.6 is 11.6 Å². The van der Waals surface area contributed by atoms with Gasteiger partial charge < -0.3 is 10.2 Å². The minimum atomic E-state index is -3.60. The number of anilines is 1. The van der Waals surface area contributed by atoms with E-state index in [2.05, 4.69) is 5.32 Å². The molecule has 0 unspecified atom stereocenters. The number of hydrogen-bond acceptors (Lipinski definition) is 4. The Hall–Kier alpha value is -2.65. The van der Waals surface area contributed by atoms with Crippen molar-refractivity contribution >= 4 is 39.1 Å². The van der Waals surface area contributed by atoms with E-state index in [-0.39, 0.29) is 49.6 Å². The third-order valence-electron chi connectivity index (χ3n) is 6.38. The first-order valence-corrected chi connectivity index (χ1v) is 14.3. The maximum Gasteiger partial charge on any atom is 0.242 e. The third-order valence-corrected chi connectivity index (χ3v) is 7.81. The zero-order valence-electron chi connectivity index (χ0n) is 20.6. The lowest BCUT2D eigenvalue weighted by molar-refractivity contribution is -0.141. The highest BCUT2D eigenvalue weighted by molar-refractivity contribution is 7.92. The number of hydrogen-bond donors (Lipinski definition) is 1. The zero-order chi connectivity index (χ0) is 26.3. The zero-order valence-corrected chi connectivity index (χ0v) is 22.2. The molecule has 2 aromatic rings. The summed E-state index contributed by atoms with van der Waals surface area (Å²) in [6.07, 6.45) is 5.38. The van der Waals surface area contributed by atoms with Crippen LogP contribution in [-0.4, -0.2) is 50.0 Å². The Morgan fingerprint density at radius 1 is 1.14 bits per heavy atom. The molecule has 1 saturated carbocycles. The van der Waals surface area contributed by atoms with Crippen molar-refractivity contribution in [1.82, 2.24) is 10.2 Å². The second-order valence-electron chi connectivity index (χ2n) is 9.23. The van der Waals surface area contributed by atoms with Gasteiger partial charge in [0.05, 0.1) is 11.9 Å². The lowest BCUT2D eigenvalue weighted by atomic mass is 10.1. The van der Waals surface area contributed by atoms with E-state index in [0.717, 1.165) is 31.9 Å². The number of benzene rings is 2. The van der Waals surface area contributed by atoms with Gasteiger partial charge in [-0.2, -0.15) is 0 Å². The number of carbonyl (C=O) groups excluding carboxylic acids is 2. The molecule has 0 radical (unpaired) electrons. The molecule has 0 heterocycles. The Bertz CT molecular complexity index is 1150. The summed E-state index contributed by atoms with van der Waals surface area (Å²) in [4.78, 5) is 27.7. The van der Waals surface area contributed by atoms with Gasteiger partial charge in [0.25, 0.3) is 0 Å². The van der Waals surface area contributed by atoms with E-state index in [1.807, 2.05) is 0 Å². The SMILES string of the molecule is C[C@@H](C(=O)NC1CCCC1)N(Cc1ccc(F)cc1)C(=O)CCCN(c1cccc(Cl)c1)S(C)(=O)=O. The average Bonchev–Trinajstić information content (AvgIpc) is 3.33. The van der Waals surface area contributed by atoms with Gasteiger partial charge in [0.2, 0.25) is 21.8 Å². The Labute approximate surface area is 217 Å². The van der Waals surface area contributed by atoms with E-state index in [1.54, 1.807) is 43.3 Å². The summed E-state index contributed by atoms with van der Waals surface area (Å²) in [6.45, 7) is 1.90. The maximum absolute atomic E-state index is 13.4. The van der Waals surface area contributed by atoms with E-state index < -0.39 is 16.1 Å². The van der Waals surface area contributed by atoms with Crippen LogP contribution in [-0.2, 0) is 26.2 Å². The first kappa shape index (κ1) is 27.9. The number of amides is 2. The van der Waals surface area contributed by atoms with Crippen LogP contribution in [0.2, 0.25) is 5.02 Å². The lowest BCUT2D eigenvalue weighted by Crippen LogP contribution is -2.49. The largest absolute Gasteiger partial charge is 0.352 e. The first-order chi connectivity index (χ1) is 17.0. The summed E-state index contributed by atoms with van der Waals surface area (Å²) in [5.41, 5.74) is 1.12. The fraction of sp³-hybridized carbons (Fsp3) is 0.462. The molecule has 196 valence electrons. The van der Waals surface area contributed by atoms with Gasteiger partial charge in [0.15, 0.2) is 0 Å². The fourth-order valence-electron chi connectivity index (χ4n) is 4.40. The molecular formula is C26H33ClFN3O4S. The molecule has 3 rings (SSSR count). The van der Waals surface area contributed by atoms with E-state index in [9.17, 15) is 22.4 Å². The predicted octanol–water partition coefficient (Wildman–Crippen LogP) is 4.50. The van der Waals surface area contributed by atoms with Crippen LogP contribution in [0.1, 0.15) is 51.0 Å². The quantitative estimate of drug-likeness (QED) is 0.457. The number of sulfonamides is 1. The van der Waals surface area contributed by atoms with Gasteiger partial charge in [-0.3, -0.25) is 13.9 Å². The molecule has 2 aromatic carbocycles. The van der Waals surface area contributed by atoms with Crippen molar-refractivity contribution in [3.05, 3.63) is 64.9 Å². The number of rotatable bonds is 11. The van der Waals surface area contributed by atoms with Crippen LogP contribution in [0.25, 0.3) is 0 Å². The van der Waals surface area contributed by atoms with Crippen molar-refractivity contribution in [2.75, 3.05) is 17.1 Å². The molecule has 0 spiro atoms. The Kier molecular flexibility index (Phi) is 9.73. The number of halogens is 2. The van der Waals surface area contributed by atoms with Crippen LogP contribution in [0.5, 0.6) is 0 Å². The molecule has 0 aromatic heterocycles. The monoisotopic (exact) mass is 537 g/mol. The van der Waals surface area contributed by atoms with Crippen LogP contribution in [0.15, 0.2) is 48.5 Å². The molecule has 0 bridgehead atoms. The normalized spacial score (nSPS) is 14.9. The summed E-state index contributed by atoms with van der Waals surface area (Å²) in [5.74, 6) is -0.896. The minimum absolute atomic E-state index is 0.0365. The van der Waals surface area contributed by atoms with Gasteiger partial charge in [-0.1, -0.05) is 42.6 Å². The van der Waals surface area contributed by atoms with Crippen LogP contribution in [0, 0.1) is 5.82 Å².